The summed E-state index contributed by atoms with van der Waals surface area (Å²) >= 11 is 3.39. The summed E-state index contributed by atoms with van der Waals surface area (Å²) < 4.78 is 44.3. The normalized spacial score (nSPS) is 14.6. The molecule has 38 heavy (non-hydrogen) atoms. The van der Waals surface area contributed by atoms with Gasteiger partial charge in [-0.15, -0.1) is 0 Å². The Morgan fingerprint density at radius 3 is 2.00 bits per heavy atom. The number of anilines is 1. The number of hydrogen-bond acceptors (Lipinski definition) is 4. The van der Waals surface area contributed by atoms with Gasteiger partial charge in [0.25, 0.3) is 15.9 Å². The number of rotatable bonds is 6. The van der Waals surface area contributed by atoms with Gasteiger partial charge in [0, 0.05) is 54.0 Å². The molecule has 1 heterocycles. The quantitative estimate of drug-likeness (QED) is 0.382. The Balaban J connectivity index is 1.41. The third kappa shape index (κ3) is 5.80. The molecule has 0 radical (unpaired) electrons. The van der Waals surface area contributed by atoms with Gasteiger partial charge >= 0.3 is 0 Å². The van der Waals surface area contributed by atoms with Crippen LogP contribution in [0.5, 0.6) is 0 Å². The minimum Gasteiger partial charge on any atom is -0.336 e. The number of carbonyl (C=O) groups is 1. The molecule has 0 spiro atoms. The molecule has 6 nitrogen and oxygen atoms in total. The molecule has 0 aliphatic carbocycles. The number of halogens is 2. The topological polar surface area (TPSA) is 69.7 Å². The van der Waals surface area contributed by atoms with E-state index in [9.17, 15) is 17.6 Å². The smallest absolute Gasteiger partial charge is 0.262 e. The van der Waals surface area contributed by atoms with Gasteiger partial charge < -0.3 is 4.90 Å². The van der Waals surface area contributed by atoms with Crippen LogP contribution in [0.1, 0.15) is 43.7 Å². The lowest BCUT2D eigenvalue weighted by Gasteiger charge is -2.35. The predicted octanol–water partition coefficient (Wildman–Crippen LogP) is 5.89. The molecule has 1 saturated heterocycles. The van der Waals surface area contributed by atoms with E-state index in [-0.39, 0.29) is 11.7 Å². The molecule has 0 aromatic heterocycles. The number of piperazine rings is 1. The molecule has 0 atom stereocenters. The van der Waals surface area contributed by atoms with E-state index < -0.39 is 10.0 Å². The summed E-state index contributed by atoms with van der Waals surface area (Å²) in [4.78, 5) is 17.3. The second-order valence-corrected chi connectivity index (χ2v) is 12.5. The standard InChI is InChI=1S/C29H33BrFN3O3S/c1-18-19(2)21(4)28(22(5)20(18)3)38(36,37)32-26-9-6-23(7-10-26)29(35)34-14-12-33(13-15-34)17-24-16-25(30)8-11-27(24)31/h6-11,16,32H,12-15,17H2,1-5H3. The molecule has 202 valence electrons. The van der Waals surface area contributed by atoms with Crippen LogP contribution >= 0.6 is 15.9 Å². The fourth-order valence-corrected chi connectivity index (χ4v) is 7.02. The molecule has 9 heteroatoms. The molecular weight excluding hydrogens is 569 g/mol. The van der Waals surface area contributed by atoms with E-state index in [2.05, 4.69) is 25.6 Å². The van der Waals surface area contributed by atoms with Crippen LogP contribution in [-0.2, 0) is 16.6 Å². The summed E-state index contributed by atoms with van der Waals surface area (Å²) in [5.41, 5.74) is 6.04. The molecular formula is C29H33BrFN3O3S. The van der Waals surface area contributed by atoms with E-state index in [4.69, 9.17) is 0 Å². The molecule has 1 amide bonds. The molecule has 0 bridgehead atoms. The van der Waals surface area contributed by atoms with E-state index in [1.54, 1.807) is 41.3 Å². The van der Waals surface area contributed by atoms with Crippen molar-refractivity contribution in [3.63, 3.8) is 0 Å². The number of amides is 1. The molecule has 1 aliphatic heterocycles. The summed E-state index contributed by atoms with van der Waals surface area (Å²) in [5, 5.41) is 0. The van der Waals surface area contributed by atoms with Gasteiger partial charge in [-0.3, -0.25) is 14.4 Å². The molecule has 0 unspecified atom stereocenters. The molecule has 4 rings (SSSR count). The van der Waals surface area contributed by atoms with Crippen molar-refractivity contribution < 1.29 is 17.6 Å². The van der Waals surface area contributed by atoms with Crippen molar-refractivity contribution in [3.8, 4) is 0 Å². The maximum absolute atomic E-state index is 14.1. The first-order valence-corrected chi connectivity index (χ1v) is 14.8. The van der Waals surface area contributed by atoms with E-state index in [1.165, 1.54) is 6.07 Å². The van der Waals surface area contributed by atoms with Crippen molar-refractivity contribution in [2.24, 2.45) is 0 Å². The average molecular weight is 603 g/mol. The van der Waals surface area contributed by atoms with Crippen LogP contribution in [0.25, 0.3) is 0 Å². The lowest BCUT2D eigenvalue weighted by atomic mass is 9.95. The Kier molecular flexibility index (Phi) is 8.30. The highest BCUT2D eigenvalue weighted by Crippen LogP contribution is 2.31. The Bertz CT molecular complexity index is 1450. The zero-order chi connectivity index (χ0) is 27.8. The van der Waals surface area contributed by atoms with Crippen molar-refractivity contribution in [1.82, 2.24) is 9.80 Å². The molecule has 3 aromatic carbocycles. The lowest BCUT2D eigenvalue weighted by molar-refractivity contribution is 0.0627. The highest BCUT2D eigenvalue weighted by molar-refractivity contribution is 9.10. The van der Waals surface area contributed by atoms with E-state index >= 15 is 0 Å². The van der Waals surface area contributed by atoms with E-state index in [0.29, 0.717) is 54.4 Å². The Hall–Kier alpha value is -2.75. The Morgan fingerprint density at radius 1 is 0.868 bits per heavy atom. The minimum atomic E-state index is -3.81. The van der Waals surface area contributed by atoms with Crippen LogP contribution < -0.4 is 4.72 Å². The van der Waals surface area contributed by atoms with Crippen molar-refractivity contribution in [2.45, 2.75) is 46.1 Å². The van der Waals surface area contributed by atoms with Gasteiger partial charge in [0.15, 0.2) is 0 Å². The lowest BCUT2D eigenvalue weighted by Crippen LogP contribution is -2.48. The third-order valence-electron chi connectivity index (χ3n) is 7.65. The predicted molar refractivity (Wildman–Crippen MR) is 153 cm³/mol. The largest absolute Gasteiger partial charge is 0.336 e. The summed E-state index contributed by atoms with van der Waals surface area (Å²) in [5.74, 6) is -0.343. The molecule has 3 aromatic rings. The van der Waals surface area contributed by atoms with Gasteiger partial charge in [-0.2, -0.15) is 0 Å². The van der Waals surface area contributed by atoms with Gasteiger partial charge in [-0.05, 0) is 105 Å². The maximum Gasteiger partial charge on any atom is 0.262 e. The minimum absolute atomic E-state index is 0.107. The van der Waals surface area contributed by atoms with Crippen LogP contribution in [-0.4, -0.2) is 50.3 Å². The number of hydrogen-bond donors (Lipinski definition) is 1. The SMILES string of the molecule is Cc1c(C)c(C)c(S(=O)(=O)Nc2ccc(C(=O)N3CCN(Cc4cc(Br)ccc4F)CC3)cc2)c(C)c1C. The second-order valence-electron chi connectivity index (χ2n) is 9.94. The third-order valence-corrected chi connectivity index (χ3v) is 9.79. The Labute approximate surface area is 233 Å². The highest BCUT2D eigenvalue weighted by atomic mass is 79.9. The van der Waals surface area contributed by atoms with Gasteiger partial charge in [0.1, 0.15) is 5.82 Å². The Morgan fingerprint density at radius 2 is 1.42 bits per heavy atom. The number of nitrogens with zero attached hydrogens (tertiary/aromatic N) is 2. The molecule has 1 aliphatic rings. The maximum atomic E-state index is 14.1. The van der Waals surface area contributed by atoms with Crippen molar-refractivity contribution >= 4 is 37.5 Å². The van der Waals surface area contributed by atoms with Crippen LogP contribution in [0.3, 0.4) is 0 Å². The highest BCUT2D eigenvalue weighted by Gasteiger charge is 2.25. The van der Waals surface area contributed by atoms with E-state index in [0.717, 1.165) is 32.3 Å². The monoisotopic (exact) mass is 601 g/mol. The number of benzene rings is 3. The zero-order valence-corrected chi connectivity index (χ0v) is 24.8. The average Bonchev–Trinajstić information content (AvgIpc) is 2.88. The van der Waals surface area contributed by atoms with Crippen LogP contribution in [0.2, 0.25) is 0 Å². The summed E-state index contributed by atoms with van der Waals surface area (Å²) in [6.07, 6.45) is 0. The fraction of sp³-hybridized carbons (Fsp3) is 0.345. The summed E-state index contributed by atoms with van der Waals surface area (Å²) in [6, 6.07) is 11.5. The number of sulfonamides is 1. The summed E-state index contributed by atoms with van der Waals surface area (Å²) in [7, 11) is -3.81. The first-order chi connectivity index (χ1) is 17.9. The van der Waals surface area contributed by atoms with Crippen LogP contribution in [0.4, 0.5) is 10.1 Å². The van der Waals surface area contributed by atoms with Gasteiger partial charge in [-0.1, -0.05) is 15.9 Å². The van der Waals surface area contributed by atoms with Crippen molar-refractivity contribution in [2.75, 3.05) is 30.9 Å². The second kappa shape index (κ2) is 11.2. The first kappa shape index (κ1) is 28.3. The fourth-order valence-electron chi connectivity index (χ4n) is 4.95. The van der Waals surface area contributed by atoms with Gasteiger partial charge in [0.05, 0.1) is 4.90 Å². The van der Waals surface area contributed by atoms with Gasteiger partial charge in [-0.25, -0.2) is 12.8 Å². The zero-order valence-electron chi connectivity index (χ0n) is 22.4. The van der Waals surface area contributed by atoms with Crippen LogP contribution in [0.15, 0.2) is 51.8 Å². The van der Waals surface area contributed by atoms with Gasteiger partial charge in [0.2, 0.25) is 0 Å². The summed E-state index contributed by atoms with van der Waals surface area (Å²) in [6.45, 7) is 12.4. The van der Waals surface area contributed by atoms with E-state index in [1.807, 2.05) is 34.6 Å². The number of nitrogens with one attached hydrogen (secondary N) is 1. The number of carbonyl (C=O) groups excluding carboxylic acids is 1. The first-order valence-electron chi connectivity index (χ1n) is 12.5. The van der Waals surface area contributed by atoms with Crippen LogP contribution in [0, 0.1) is 40.4 Å². The molecule has 1 fully saturated rings. The van der Waals surface area contributed by atoms with Crippen molar-refractivity contribution in [1.29, 1.82) is 0 Å². The molecule has 1 N–H and O–H groups in total. The van der Waals surface area contributed by atoms with Crippen molar-refractivity contribution in [3.05, 3.63) is 91.7 Å². The molecule has 0 saturated carbocycles.